The quantitative estimate of drug-likeness (QED) is 0.353. The van der Waals surface area contributed by atoms with E-state index >= 15 is 0 Å². The summed E-state index contributed by atoms with van der Waals surface area (Å²) in [5, 5.41) is 0. The standard InChI is InChI=1S/C21H38O4/c1-5-9-11-17-13-14-21(18(17)12-10-6-2,19(22)24-15-7-3)20(23)25-16-8-4/h17-18H,5-16H2,1-4H3. The Morgan fingerprint density at radius 1 is 0.840 bits per heavy atom. The minimum absolute atomic E-state index is 0.0627. The van der Waals surface area contributed by atoms with Gasteiger partial charge in [-0.15, -0.1) is 0 Å². The number of hydrogen-bond acceptors (Lipinski definition) is 4. The Balaban J connectivity index is 3.10. The lowest BCUT2D eigenvalue weighted by atomic mass is 9.71. The third kappa shape index (κ3) is 5.46. The normalized spacial score (nSPS) is 21.9. The molecule has 0 aromatic carbocycles. The lowest BCUT2D eigenvalue weighted by molar-refractivity contribution is -0.176. The molecule has 0 spiro atoms. The number of carbonyl (C=O) groups excluding carboxylic acids is 2. The van der Waals surface area contributed by atoms with Crippen molar-refractivity contribution in [1.82, 2.24) is 0 Å². The highest BCUT2D eigenvalue weighted by Crippen LogP contribution is 2.52. The fourth-order valence-electron chi connectivity index (χ4n) is 4.16. The summed E-state index contributed by atoms with van der Waals surface area (Å²) in [6, 6.07) is 0. The molecule has 0 bridgehead atoms. The van der Waals surface area contributed by atoms with Crippen LogP contribution in [0.1, 0.15) is 91.9 Å². The number of esters is 2. The summed E-state index contributed by atoms with van der Waals surface area (Å²) < 4.78 is 11.0. The Morgan fingerprint density at radius 2 is 1.36 bits per heavy atom. The van der Waals surface area contributed by atoms with Crippen LogP contribution in [0.15, 0.2) is 0 Å². The van der Waals surface area contributed by atoms with E-state index in [0.29, 0.717) is 25.6 Å². The molecule has 0 N–H and O–H groups in total. The first-order chi connectivity index (χ1) is 12.1. The second-order valence-corrected chi connectivity index (χ2v) is 7.43. The first-order valence-electron chi connectivity index (χ1n) is 10.4. The van der Waals surface area contributed by atoms with Crippen molar-refractivity contribution in [2.75, 3.05) is 13.2 Å². The van der Waals surface area contributed by atoms with Crippen LogP contribution in [0.4, 0.5) is 0 Å². The molecule has 0 heterocycles. The van der Waals surface area contributed by atoms with E-state index < -0.39 is 5.41 Å². The van der Waals surface area contributed by atoms with Crippen LogP contribution in [0, 0.1) is 17.3 Å². The van der Waals surface area contributed by atoms with Crippen LogP contribution in [-0.4, -0.2) is 25.2 Å². The molecule has 4 nitrogen and oxygen atoms in total. The van der Waals surface area contributed by atoms with Gasteiger partial charge in [-0.2, -0.15) is 0 Å². The Kier molecular flexibility index (Phi) is 10.1. The maximum absolute atomic E-state index is 13.0. The lowest BCUT2D eigenvalue weighted by Crippen LogP contribution is -2.46. The molecule has 1 fully saturated rings. The van der Waals surface area contributed by atoms with Gasteiger partial charge in [0.1, 0.15) is 0 Å². The minimum Gasteiger partial charge on any atom is -0.465 e. The average Bonchev–Trinajstić information content (AvgIpc) is 2.99. The number of rotatable bonds is 12. The second-order valence-electron chi connectivity index (χ2n) is 7.43. The van der Waals surface area contributed by atoms with Gasteiger partial charge in [0.05, 0.1) is 13.2 Å². The first kappa shape index (κ1) is 22.0. The molecule has 146 valence electrons. The summed E-state index contributed by atoms with van der Waals surface area (Å²) >= 11 is 0. The molecule has 25 heavy (non-hydrogen) atoms. The maximum Gasteiger partial charge on any atom is 0.323 e. The molecule has 1 aliphatic rings. The van der Waals surface area contributed by atoms with Crippen LogP contribution >= 0.6 is 0 Å². The average molecular weight is 355 g/mol. The van der Waals surface area contributed by atoms with Gasteiger partial charge < -0.3 is 9.47 Å². The van der Waals surface area contributed by atoms with E-state index in [1.807, 2.05) is 13.8 Å². The third-order valence-corrected chi connectivity index (χ3v) is 5.51. The molecular weight excluding hydrogens is 316 g/mol. The van der Waals surface area contributed by atoms with Crippen LogP contribution in [0.3, 0.4) is 0 Å². The zero-order valence-corrected chi connectivity index (χ0v) is 16.8. The van der Waals surface area contributed by atoms with Gasteiger partial charge in [-0.1, -0.05) is 59.8 Å². The van der Waals surface area contributed by atoms with Gasteiger partial charge in [0.2, 0.25) is 0 Å². The van der Waals surface area contributed by atoms with Crippen molar-refractivity contribution in [2.24, 2.45) is 17.3 Å². The fourth-order valence-corrected chi connectivity index (χ4v) is 4.16. The van der Waals surface area contributed by atoms with Gasteiger partial charge in [-0.05, 0) is 43.9 Å². The minimum atomic E-state index is -1.07. The molecular formula is C21H38O4. The summed E-state index contributed by atoms with van der Waals surface area (Å²) in [6.45, 7) is 9.05. The molecule has 0 amide bonds. The van der Waals surface area contributed by atoms with E-state index in [1.165, 1.54) is 0 Å². The SMILES string of the molecule is CCCCC1CCC(C(=O)OCCC)(C(=O)OCCC)C1CCCC. The Morgan fingerprint density at radius 3 is 1.84 bits per heavy atom. The molecule has 0 saturated heterocycles. The van der Waals surface area contributed by atoms with Gasteiger partial charge in [-0.25, -0.2) is 0 Å². The molecule has 2 unspecified atom stereocenters. The van der Waals surface area contributed by atoms with Crippen molar-refractivity contribution in [3.8, 4) is 0 Å². The van der Waals surface area contributed by atoms with E-state index in [0.717, 1.165) is 57.8 Å². The molecule has 0 aromatic rings. The number of unbranched alkanes of at least 4 members (excludes halogenated alkanes) is 2. The summed E-state index contributed by atoms with van der Waals surface area (Å²) in [5.41, 5.74) is -1.07. The second kappa shape index (κ2) is 11.5. The largest absolute Gasteiger partial charge is 0.465 e. The van der Waals surface area contributed by atoms with Crippen LogP contribution in [0.2, 0.25) is 0 Å². The van der Waals surface area contributed by atoms with Crippen molar-refractivity contribution in [3.05, 3.63) is 0 Å². The van der Waals surface area contributed by atoms with Crippen LogP contribution < -0.4 is 0 Å². The Bertz CT molecular complexity index is 385. The molecule has 0 aliphatic heterocycles. The third-order valence-electron chi connectivity index (χ3n) is 5.51. The van der Waals surface area contributed by atoms with E-state index in [9.17, 15) is 9.59 Å². The maximum atomic E-state index is 13.0. The highest BCUT2D eigenvalue weighted by atomic mass is 16.6. The van der Waals surface area contributed by atoms with Gasteiger partial charge in [-0.3, -0.25) is 9.59 Å². The van der Waals surface area contributed by atoms with Gasteiger partial charge in [0.15, 0.2) is 5.41 Å². The summed E-state index contributed by atoms with van der Waals surface area (Å²) in [4.78, 5) is 26.0. The topological polar surface area (TPSA) is 52.6 Å². The van der Waals surface area contributed by atoms with Crippen molar-refractivity contribution in [3.63, 3.8) is 0 Å². The van der Waals surface area contributed by atoms with E-state index in [2.05, 4.69) is 13.8 Å². The molecule has 0 aromatic heterocycles. The molecule has 2 atom stereocenters. The van der Waals surface area contributed by atoms with Crippen LogP contribution in [0.25, 0.3) is 0 Å². The first-order valence-corrected chi connectivity index (χ1v) is 10.4. The molecule has 0 radical (unpaired) electrons. The lowest BCUT2D eigenvalue weighted by Gasteiger charge is -2.33. The molecule has 1 saturated carbocycles. The number of ether oxygens (including phenoxy) is 2. The monoisotopic (exact) mass is 354 g/mol. The summed E-state index contributed by atoms with van der Waals surface area (Å²) in [5.74, 6) is -0.186. The van der Waals surface area contributed by atoms with Crippen molar-refractivity contribution in [2.45, 2.75) is 91.9 Å². The van der Waals surface area contributed by atoms with Gasteiger partial charge in [0, 0.05) is 0 Å². The molecule has 1 rings (SSSR count). The molecule has 1 aliphatic carbocycles. The van der Waals surface area contributed by atoms with Gasteiger partial charge in [0.25, 0.3) is 0 Å². The summed E-state index contributed by atoms with van der Waals surface area (Å²) in [7, 11) is 0. The van der Waals surface area contributed by atoms with E-state index in [4.69, 9.17) is 9.47 Å². The van der Waals surface area contributed by atoms with E-state index in [1.54, 1.807) is 0 Å². The Labute approximate surface area is 154 Å². The highest BCUT2D eigenvalue weighted by molar-refractivity contribution is 6.01. The fraction of sp³-hybridized carbons (Fsp3) is 0.905. The summed E-state index contributed by atoms with van der Waals surface area (Å²) in [6.07, 6.45) is 9.45. The van der Waals surface area contributed by atoms with Crippen molar-refractivity contribution < 1.29 is 19.1 Å². The zero-order valence-electron chi connectivity index (χ0n) is 16.8. The van der Waals surface area contributed by atoms with E-state index in [-0.39, 0.29) is 17.9 Å². The number of hydrogen-bond donors (Lipinski definition) is 0. The van der Waals surface area contributed by atoms with Crippen LogP contribution in [-0.2, 0) is 19.1 Å². The number of carbonyl (C=O) groups is 2. The molecule has 4 heteroatoms. The van der Waals surface area contributed by atoms with Crippen molar-refractivity contribution in [1.29, 1.82) is 0 Å². The van der Waals surface area contributed by atoms with Crippen molar-refractivity contribution >= 4 is 11.9 Å². The zero-order chi connectivity index (χ0) is 18.7. The van der Waals surface area contributed by atoms with Gasteiger partial charge >= 0.3 is 11.9 Å². The van der Waals surface area contributed by atoms with Crippen LogP contribution in [0.5, 0.6) is 0 Å². The Hall–Kier alpha value is -1.06. The predicted octanol–water partition coefficient (Wildman–Crippen LogP) is 5.29. The smallest absolute Gasteiger partial charge is 0.323 e. The highest BCUT2D eigenvalue weighted by Gasteiger charge is 2.60. The predicted molar refractivity (Wildman–Crippen MR) is 100 cm³/mol.